The molecule has 1 rings (SSSR count). The van der Waals surface area contributed by atoms with Crippen LogP contribution in [0.5, 0.6) is 0 Å². The first-order valence-electron chi connectivity index (χ1n) is 3.96. The summed E-state index contributed by atoms with van der Waals surface area (Å²) in [6.45, 7) is 0.370. The van der Waals surface area contributed by atoms with Crippen molar-refractivity contribution in [2.75, 3.05) is 32.6 Å². The maximum atomic E-state index is 11.4. The van der Waals surface area contributed by atoms with Crippen molar-refractivity contribution in [3.8, 4) is 0 Å². The van der Waals surface area contributed by atoms with Crippen molar-refractivity contribution in [2.24, 2.45) is 0 Å². The van der Waals surface area contributed by atoms with Gasteiger partial charge in [0.2, 0.25) is 0 Å². The minimum atomic E-state index is 0.0908. The lowest BCUT2D eigenvalue weighted by molar-refractivity contribution is 0.0997. The van der Waals surface area contributed by atoms with Gasteiger partial charge in [-0.15, -0.1) is 0 Å². The Labute approximate surface area is 81.6 Å². The molecule has 0 amide bonds. The molecule has 0 saturated heterocycles. The van der Waals surface area contributed by atoms with E-state index in [0.717, 1.165) is 5.13 Å². The fraction of sp³-hybridized carbons (Fsp3) is 0.500. The fourth-order valence-electron chi connectivity index (χ4n) is 0.848. The molecule has 1 aromatic heterocycles. The van der Waals surface area contributed by atoms with Crippen molar-refractivity contribution < 1.29 is 4.79 Å². The smallest absolute Gasteiger partial charge is 0.188 e. The zero-order valence-electron chi connectivity index (χ0n) is 8.00. The van der Waals surface area contributed by atoms with Crippen LogP contribution in [-0.2, 0) is 0 Å². The highest BCUT2D eigenvalue weighted by atomic mass is 32.1. The molecule has 5 heteroatoms. The first-order chi connectivity index (χ1) is 6.15. The third kappa shape index (κ3) is 2.50. The van der Waals surface area contributed by atoms with Crippen molar-refractivity contribution in [2.45, 2.75) is 0 Å². The Hall–Kier alpha value is -0.940. The van der Waals surface area contributed by atoms with Crippen LogP contribution >= 0.6 is 11.3 Å². The van der Waals surface area contributed by atoms with Crippen molar-refractivity contribution >= 4 is 22.3 Å². The monoisotopic (exact) mass is 199 g/mol. The predicted octanol–water partition coefficient (Wildman–Crippen LogP) is 0.611. The Morgan fingerprint density at radius 3 is 2.85 bits per heavy atom. The van der Waals surface area contributed by atoms with Crippen molar-refractivity contribution in [1.29, 1.82) is 0 Å². The van der Waals surface area contributed by atoms with Crippen molar-refractivity contribution in [1.82, 2.24) is 10.3 Å². The van der Waals surface area contributed by atoms with E-state index in [-0.39, 0.29) is 5.78 Å². The average Bonchev–Trinajstić information content (AvgIpc) is 2.52. The van der Waals surface area contributed by atoms with Gasteiger partial charge in [0.15, 0.2) is 10.9 Å². The maximum Gasteiger partial charge on any atom is 0.188 e. The number of carbonyl (C=O) groups is 1. The Morgan fingerprint density at radius 2 is 2.38 bits per heavy atom. The van der Waals surface area contributed by atoms with Gasteiger partial charge in [0.1, 0.15) is 0 Å². The lowest BCUT2D eigenvalue weighted by atomic mass is 10.3. The third-order valence-electron chi connectivity index (χ3n) is 1.49. The van der Waals surface area contributed by atoms with E-state index in [1.807, 2.05) is 19.0 Å². The number of nitrogens with zero attached hydrogens (tertiary/aromatic N) is 2. The van der Waals surface area contributed by atoms with Crippen LogP contribution in [0.15, 0.2) is 6.20 Å². The molecular formula is C8H13N3OS. The number of Topliss-reactive ketones (excluding diaryl/α,β-unsaturated/α-hetero) is 1. The number of likely N-dealkylation sites (N-methyl/N-ethyl adjacent to an activating group) is 1. The van der Waals surface area contributed by atoms with Gasteiger partial charge in [-0.2, -0.15) is 0 Å². The summed E-state index contributed by atoms with van der Waals surface area (Å²) in [6.07, 6.45) is 1.62. The lowest BCUT2D eigenvalue weighted by Gasteiger charge is -2.04. The van der Waals surface area contributed by atoms with Gasteiger partial charge in [-0.05, 0) is 7.05 Å². The highest BCUT2D eigenvalue weighted by molar-refractivity contribution is 7.17. The van der Waals surface area contributed by atoms with Crippen LogP contribution in [0.2, 0.25) is 0 Å². The minimum absolute atomic E-state index is 0.0908. The number of rotatable bonds is 4. The van der Waals surface area contributed by atoms with Gasteiger partial charge in [-0.3, -0.25) is 4.79 Å². The molecule has 0 atom stereocenters. The van der Waals surface area contributed by atoms with Crippen molar-refractivity contribution in [3.63, 3.8) is 0 Å². The molecule has 13 heavy (non-hydrogen) atoms. The highest BCUT2D eigenvalue weighted by Gasteiger charge is 2.09. The van der Waals surface area contributed by atoms with Gasteiger partial charge < -0.3 is 10.2 Å². The summed E-state index contributed by atoms with van der Waals surface area (Å²) in [6, 6.07) is 0. The first kappa shape index (κ1) is 10.1. The fourth-order valence-corrected chi connectivity index (χ4v) is 1.62. The second-order valence-corrected chi connectivity index (χ2v) is 3.86. The van der Waals surface area contributed by atoms with E-state index < -0.39 is 0 Å². The van der Waals surface area contributed by atoms with E-state index in [1.54, 1.807) is 13.2 Å². The number of ketones is 1. The van der Waals surface area contributed by atoms with Gasteiger partial charge in [0.05, 0.1) is 17.6 Å². The van der Waals surface area contributed by atoms with E-state index in [1.165, 1.54) is 11.3 Å². The summed E-state index contributed by atoms with van der Waals surface area (Å²) >= 11 is 1.41. The number of thiazole rings is 1. The zero-order chi connectivity index (χ0) is 9.84. The van der Waals surface area contributed by atoms with E-state index in [0.29, 0.717) is 11.4 Å². The first-order valence-corrected chi connectivity index (χ1v) is 4.77. The highest BCUT2D eigenvalue weighted by Crippen LogP contribution is 2.20. The molecule has 0 spiro atoms. The van der Waals surface area contributed by atoms with Crippen LogP contribution in [0, 0.1) is 0 Å². The van der Waals surface area contributed by atoms with E-state index in [2.05, 4.69) is 10.3 Å². The number of hydrogen-bond acceptors (Lipinski definition) is 5. The summed E-state index contributed by atoms with van der Waals surface area (Å²) < 4.78 is 0. The van der Waals surface area contributed by atoms with E-state index in [9.17, 15) is 4.79 Å². The summed E-state index contributed by atoms with van der Waals surface area (Å²) in [4.78, 5) is 18.1. The van der Waals surface area contributed by atoms with Crippen LogP contribution in [0.4, 0.5) is 5.13 Å². The maximum absolute atomic E-state index is 11.4. The molecule has 0 radical (unpaired) electrons. The Bertz CT molecular complexity index is 295. The molecule has 1 N–H and O–H groups in total. The summed E-state index contributed by atoms with van der Waals surface area (Å²) in [7, 11) is 5.57. The molecule has 0 saturated carbocycles. The number of hydrogen-bond donors (Lipinski definition) is 1. The summed E-state index contributed by atoms with van der Waals surface area (Å²) in [5, 5.41) is 3.68. The molecule has 1 heterocycles. The van der Waals surface area contributed by atoms with Gasteiger partial charge in [0.25, 0.3) is 0 Å². The molecule has 1 aromatic rings. The normalized spacial score (nSPS) is 10.1. The largest absolute Gasteiger partial charge is 0.354 e. The van der Waals surface area contributed by atoms with E-state index in [4.69, 9.17) is 0 Å². The van der Waals surface area contributed by atoms with E-state index >= 15 is 0 Å². The Kier molecular flexibility index (Phi) is 3.39. The number of carbonyl (C=O) groups excluding carboxylic acids is 1. The number of aromatic nitrogens is 1. The minimum Gasteiger partial charge on any atom is -0.354 e. The molecule has 4 nitrogen and oxygen atoms in total. The molecule has 0 bridgehead atoms. The summed E-state index contributed by atoms with van der Waals surface area (Å²) in [5.74, 6) is 0.0908. The predicted molar refractivity (Wildman–Crippen MR) is 54.7 cm³/mol. The molecule has 0 unspecified atom stereocenters. The molecule has 0 aliphatic rings. The summed E-state index contributed by atoms with van der Waals surface area (Å²) in [5.41, 5.74) is 0. The van der Waals surface area contributed by atoms with Crippen LogP contribution < -0.4 is 10.2 Å². The topological polar surface area (TPSA) is 45.2 Å². The van der Waals surface area contributed by atoms with Crippen molar-refractivity contribution in [3.05, 3.63) is 11.1 Å². The lowest BCUT2D eigenvalue weighted by Crippen LogP contribution is -2.17. The van der Waals surface area contributed by atoms with Crippen LogP contribution in [0.1, 0.15) is 9.67 Å². The molecule has 72 valence electrons. The average molecular weight is 199 g/mol. The number of nitrogens with one attached hydrogen (secondary N) is 1. The molecule has 0 fully saturated rings. The van der Waals surface area contributed by atoms with Gasteiger partial charge in [-0.25, -0.2) is 4.98 Å². The van der Waals surface area contributed by atoms with Crippen LogP contribution in [0.3, 0.4) is 0 Å². The zero-order valence-corrected chi connectivity index (χ0v) is 8.81. The number of anilines is 1. The molecular weight excluding hydrogens is 186 g/mol. The molecule has 0 aromatic carbocycles. The van der Waals surface area contributed by atoms with Gasteiger partial charge in [0, 0.05) is 14.1 Å². The second-order valence-electron chi connectivity index (χ2n) is 2.86. The van der Waals surface area contributed by atoms with Crippen LogP contribution in [-0.4, -0.2) is 38.5 Å². The SMILES string of the molecule is CNCC(=O)c1cnc(N(C)C)s1. The van der Waals surface area contributed by atoms with Gasteiger partial charge >= 0.3 is 0 Å². The quantitative estimate of drug-likeness (QED) is 0.722. The molecule has 0 aliphatic carbocycles. The van der Waals surface area contributed by atoms with Crippen LogP contribution in [0.25, 0.3) is 0 Å². The van der Waals surface area contributed by atoms with Gasteiger partial charge in [-0.1, -0.05) is 11.3 Å². The molecule has 0 aliphatic heterocycles. The third-order valence-corrected chi connectivity index (χ3v) is 2.69. The Balaban J connectivity index is 2.73. The standard InChI is InChI=1S/C8H13N3OS/c1-9-4-6(12)7-5-10-8(13-7)11(2)3/h5,9H,4H2,1-3H3. The Morgan fingerprint density at radius 1 is 1.69 bits per heavy atom. The second kappa shape index (κ2) is 4.34.